The summed E-state index contributed by atoms with van der Waals surface area (Å²) in [6.07, 6.45) is 4.45. The molecule has 160 valence electrons. The third kappa shape index (κ3) is 5.95. The Balaban J connectivity index is 1.47. The van der Waals surface area contributed by atoms with E-state index in [0.717, 1.165) is 25.9 Å². The summed E-state index contributed by atoms with van der Waals surface area (Å²) in [5.74, 6) is -0.229. The molecule has 3 amide bonds. The molecule has 0 spiro atoms. The van der Waals surface area contributed by atoms with Crippen LogP contribution < -0.4 is 10.1 Å². The van der Waals surface area contributed by atoms with Crippen LogP contribution in [0.2, 0.25) is 0 Å². The van der Waals surface area contributed by atoms with Gasteiger partial charge in [-0.05, 0) is 49.2 Å². The van der Waals surface area contributed by atoms with E-state index < -0.39 is 5.82 Å². The molecule has 0 bridgehead atoms. The predicted octanol–water partition coefficient (Wildman–Crippen LogP) is 4.38. The number of likely N-dealkylation sites (tertiary alicyclic amines) is 1. The number of ether oxygens (including phenoxy) is 1. The second-order valence-electron chi connectivity index (χ2n) is 7.41. The van der Waals surface area contributed by atoms with Crippen LogP contribution in [0.5, 0.6) is 5.75 Å². The van der Waals surface area contributed by atoms with Crippen molar-refractivity contribution in [2.24, 2.45) is 0 Å². The maximum Gasteiger partial charge on any atom is 0.321 e. The highest BCUT2D eigenvalue weighted by Gasteiger charge is 2.17. The number of nitrogens with one attached hydrogen (secondary N) is 1. The first-order chi connectivity index (χ1) is 14.5. The van der Waals surface area contributed by atoms with Gasteiger partial charge in [-0.15, -0.1) is 0 Å². The molecule has 1 aliphatic rings. The van der Waals surface area contributed by atoms with Crippen LogP contribution >= 0.6 is 0 Å². The molecule has 2 aromatic carbocycles. The fourth-order valence-corrected chi connectivity index (χ4v) is 3.33. The van der Waals surface area contributed by atoms with E-state index in [1.54, 1.807) is 49.5 Å². The summed E-state index contributed by atoms with van der Waals surface area (Å²) in [7, 11) is 1.64. The van der Waals surface area contributed by atoms with Gasteiger partial charge in [0.05, 0.1) is 6.54 Å². The van der Waals surface area contributed by atoms with Crippen LogP contribution in [0.15, 0.2) is 48.5 Å². The lowest BCUT2D eigenvalue weighted by Crippen LogP contribution is -2.34. The molecule has 0 saturated carbocycles. The first-order valence-corrected chi connectivity index (χ1v) is 10.3. The van der Waals surface area contributed by atoms with Crippen molar-refractivity contribution < 1.29 is 18.7 Å². The average Bonchev–Trinajstić information content (AvgIpc) is 3.04. The lowest BCUT2D eigenvalue weighted by atomic mass is 10.1. The summed E-state index contributed by atoms with van der Waals surface area (Å²) in [5, 5.41) is 2.79. The Hall–Kier alpha value is -3.09. The molecule has 0 aliphatic carbocycles. The molecule has 3 rings (SSSR count). The summed E-state index contributed by atoms with van der Waals surface area (Å²) in [4.78, 5) is 28.3. The Morgan fingerprint density at radius 3 is 2.37 bits per heavy atom. The minimum absolute atomic E-state index is 0.0391. The molecule has 0 unspecified atom stereocenters. The Morgan fingerprint density at radius 2 is 1.70 bits per heavy atom. The predicted molar refractivity (Wildman–Crippen MR) is 114 cm³/mol. The summed E-state index contributed by atoms with van der Waals surface area (Å²) >= 11 is 0. The van der Waals surface area contributed by atoms with Crippen LogP contribution in [0, 0.1) is 5.82 Å². The van der Waals surface area contributed by atoms with Gasteiger partial charge in [0.25, 0.3) is 5.91 Å². The Labute approximate surface area is 176 Å². The van der Waals surface area contributed by atoms with E-state index in [9.17, 15) is 14.0 Å². The Kier molecular flexibility index (Phi) is 7.65. The van der Waals surface area contributed by atoms with Gasteiger partial charge >= 0.3 is 6.03 Å². The fraction of sp³-hybridized carbons (Fsp3) is 0.391. The smallest absolute Gasteiger partial charge is 0.321 e. The first-order valence-electron chi connectivity index (χ1n) is 10.3. The van der Waals surface area contributed by atoms with E-state index in [1.165, 1.54) is 23.8 Å². The molecule has 0 aromatic heterocycles. The van der Waals surface area contributed by atoms with Crippen molar-refractivity contribution in [1.82, 2.24) is 9.80 Å². The van der Waals surface area contributed by atoms with Crippen molar-refractivity contribution >= 4 is 17.6 Å². The van der Waals surface area contributed by atoms with Gasteiger partial charge in [0.15, 0.2) is 11.6 Å². The van der Waals surface area contributed by atoms with Crippen LogP contribution in [0.3, 0.4) is 0 Å². The van der Waals surface area contributed by atoms with E-state index in [-0.39, 0.29) is 24.3 Å². The number of urea groups is 1. The molecule has 1 saturated heterocycles. The molecule has 0 radical (unpaired) electrons. The summed E-state index contributed by atoms with van der Waals surface area (Å²) in [5.41, 5.74) is 1.23. The normalized spacial score (nSPS) is 14.0. The molecule has 0 atom stereocenters. The number of rotatable bonds is 6. The summed E-state index contributed by atoms with van der Waals surface area (Å²) in [6.45, 7) is 2.08. The standard InChI is InChI=1S/C23H28FN3O3/c1-26(16-17-30-21-9-5-4-8-20(21)24)23(29)25-19-12-10-18(11-13-19)22(28)27-14-6-2-3-7-15-27/h4-5,8-13H,2-3,6-7,14-17H2,1H3,(H,25,29). The highest BCUT2D eigenvalue weighted by atomic mass is 19.1. The maximum absolute atomic E-state index is 13.5. The van der Waals surface area contributed by atoms with Gasteiger partial charge < -0.3 is 19.9 Å². The number of halogens is 1. The van der Waals surface area contributed by atoms with Crippen LogP contribution in [-0.2, 0) is 0 Å². The van der Waals surface area contributed by atoms with Crippen molar-refractivity contribution in [1.29, 1.82) is 0 Å². The minimum atomic E-state index is -0.431. The van der Waals surface area contributed by atoms with Gasteiger partial charge in [-0.3, -0.25) is 4.79 Å². The number of likely N-dealkylation sites (N-methyl/N-ethyl adjacent to an activating group) is 1. The number of benzene rings is 2. The second-order valence-corrected chi connectivity index (χ2v) is 7.41. The maximum atomic E-state index is 13.5. The number of carbonyl (C=O) groups is 2. The van der Waals surface area contributed by atoms with Crippen LogP contribution in [0.25, 0.3) is 0 Å². The molecule has 2 aromatic rings. The number of hydrogen-bond acceptors (Lipinski definition) is 3. The molecule has 1 aliphatic heterocycles. The fourth-order valence-electron chi connectivity index (χ4n) is 3.33. The largest absolute Gasteiger partial charge is 0.489 e. The van der Waals surface area contributed by atoms with Crippen molar-refractivity contribution in [2.75, 3.05) is 38.6 Å². The van der Waals surface area contributed by atoms with Gasteiger partial charge in [0.2, 0.25) is 0 Å². The van der Waals surface area contributed by atoms with E-state index in [2.05, 4.69) is 5.32 Å². The monoisotopic (exact) mass is 413 g/mol. The van der Waals surface area contributed by atoms with Gasteiger partial charge in [0, 0.05) is 31.4 Å². The van der Waals surface area contributed by atoms with Gasteiger partial charge in [-0.2, -0.15) is 0 Å². The number of hydrogen-bond donors (Lipinski definition) is 1. The van der Waals surface area contributed by atoms with E-state index in [0.29, 0.717) is 17.8 Å². The number of carbonyl (C=O) groups excluding carboxylic acids is 2. The number of nitrogens with zero attached hydrogens (tertiary/aromatic N) is 2. The number of para-hydroxylation sites is 1. The lowest BCUT2D eigenvalue weighted by molar-refractivity contribution is 0.0761. The van der Waals surface area contributed by atoms with Crippen LogP contribution in [-0.4, -0.2) is 55.0 Å². The third-order valence-electron chi connectivity index (χ3n) is 5.14. The summed E-state index contributed by atoms with van der Waals surface area (Å²) in [6, 6.07) is 12.8. The third-order valence-corrected chi connectivity index (χ3v) is 5.14. The molecule has 6 nitrogen and oxygen atoms in total. The number of amides is 3. The second kappa shape index (κ2) is 10.6. The van der Waals surface area contributed by atoms with Crippen molar-refractivity contribution in [3.8, 4) is 5.75 Å². The molecular formula is C23H28FN3O3. The van der Waals surface area contributed by atoms with Crippen LogP contribution in [0.1, 0.15) is 36.0 Å². The van der Waals surface area contributed by atoms with E-state index in [4.69, 9.17) is 4.74 Å². The Morgan fingerprint density at radius 1 is 1.03 bits per heavy atom. The number of anilines is 1. The van der Waals surface area contributed by atoms with Gasteiger partial charge in [-0.25, -0.2) is 9.18 Å². The highest BCUT2D eigenvalue weighted by molar-refractivity contribution is 5.95. The zero-order valence-corrected chi connectivity index (χ0v) is 17.3. The minimum Gasteiger partial charge on any atom is -0.489 e. The van der Waals surface area contributed by atoms with E-state index in [1.807, 2.05) is 4.90 Å². The van der Waals surface area contributed by atoms with Crippen molar-refractivity contribution in [3.05, 3.63) is 59.9 Å². The van der Waals surface area contributed by atoms with Crippen molar-refractivity contribution in [2.45, 2.75) is 25.7 Å². The van der Waals surface area contributed by atoms with Crippen LogP contribution in [0.4, 0.5) is 14.9 Å². The Bertz CT molecular complexity index is 849. The highest BCUT2D eigenvalue weighted by Crippen LogP contribution is 2.17. The van der Waals surface area contributed by atoms with Gasteiger partial charge in [-0.1, -0.05) is 25.0 Å². The zero-order chi connectivity index (χ0) is 21.3. The van der Waals surface area contributed by atoms with E-state index >= 15 is 0 Å². The van der Waals surface area contributed by atoms with Gasteiger partial charge in [0.1, 0.15) is 6.61 Å². The zero-order valence-electron chi connectivity index (χ0n) is 17.3. The molecule has 1 heterocycles. The average molecular weight is 413 g/mol. The summed E-state index contributed by atoms with van der Waals surface area (Å²) < 4.78 is 18.9. The topological polar surface area (TPSA) is 61.9 Å². The lowest BCUT2D eigenvalue weighted by Gasteiger charge is -2.21. The molecule has 1 N–H and O–H groups in total. The molecule has 7 heteroatoms. The molecule has 30 heavy (non-hydrogen) atoms. The first kappa shape index (κ1) is 21.6. The SMILES string of the molecule is CN(CCOc1ccccc1F)C(=O)Nc1ccc(C(=O)N2CCCCCC2)cc1. The van der Waals surface area contributed by atoms with Crippen molar-refractivity contribution in [3.63, 3.8) is 0 Å². The molecule has 1 fully saturated rings. The quantitative estimate of drug-likeness (QED) is 0.764. The molecular weight excluding hydrogens is 385 g/mol.